The van der Waals surface area contributed by atoms with Crippen LogP contribution in [0.4, 0.5) is 5.69 Å². The van der Waals surface area contributed by atoms with Crippen LogP contribution in [0, 0.1) is 21.4 Å². The van der Waals surface area contributed by atoms with Gasteiger partial charge in [-0.2, -0.15) is 5.26 Å². The van der Waals surface area contributed by atoms with E-state index in [4.69, 9.17) is 5.26 Å². The summed E-state index contributed by atoms with van der Waals surface area (Å²) >= 11 is 0. The Morgan fingerprint density at radius 1 is 1.07 bits per heavy atom. The fraction of sp³-hybridized carbons (Fsp3) is 0. The summed E-state index contributed by atoms with van der Waals surface area (Å²) in [5.41, 5.74) is 2.52. The van der Waals surface area contributed by atoms with E-state index in [1.165, 1.54) is 22.8 Å². The van der Waals surface area contributed by atoms with Crippen molar-refractivity contribution in [2.24, 2.45) is 0 Å². The maximum absolute atomic E-state index is 13.0. The molecule has 4 rings (SSSR count). The number of hydrogen-bond donors (Lipinski definition) is 0. The number of carbonyl (C=O) groups is 1. The predicted molar refractivity (Wildman–Crippen MR) is 103 cm³/mol. The molecule has 0 aliphatic rings. The van der Waals surface area contributed by atoms with Crippen LogP contribution in [0.3, 0.4) is 0 Å². The number of aromatic nitrogens is 2. The number of carbonyl (C=O) groups excluding carboxylic acids is 1. The predicted octanol–water partition coefficient (Wildman–Crippen LogP) is 4.17. The molecule has 0 N–H and O–H groups in total. The number of para-hydroxylation sites is 1. The second-order valence-corrected chi connectivity index (χ2v) is 6.07. The monoisotopic (exact) mass is 368 g/mol. The van der Waals surface area contributed by atoms with Gasteiger partial charge in [0.1, 0.15) is 5.56 Å². The van der Waals surface area contributed by atoms with E-state index in [2.05, 4.69) is 11.1 Å². The van der Waals surface area contributed by atoms with Crippen molar-refractivity contribution in [2.45, 2.75) is 0 Å². The molecular formula is C21H12N4O3. The highest BCUT2D eigenvalue weighted by atomic mass is 16.6. The first-order valence-corrected chi connectivity index (χ1v) is 8.34. The molecule has 0 aliphatic carbocycles. The van der Waals surface area contributed by atoms with Gasteiger partial charge in [0.25, 0.3) is 11.6 Å². The molecule has 0 unspecified atom stereocenters. The van der Waals surface area contributed by atoms with Crippen LogP contribution in [0.5, 0.6) is 0 Å². The molecule has 28 heavy (non-hydrogen) atoms. The molecule has 7 heteroatoms. The summed E-state index contributed by atoms with van der Waals surface area (Å²) in [6, 6.07) is 16.8. The molecule has 0 spiro atoms. The number of nitriles is 1. The number of benzene rings is 2. The molecule has 0 saturated heterocycles. The minimum Gasteiger partial charge on any atom is -0.281 e. The van der Waals surface area contributed by atoms with Gasteiger partial charge in [0.15, 0.2) is 0 Å². The van der Waals surface area contributed by atoms with Crippen LogP contribution in [-0.2, 0) is 0 Å². The molecule has 0 amide bonds. The van der Waals surface area contributed by atoms with Crippen LogP contribution in [0.25, 0.3) is 22.0 Å². The zero-order valence-electron chi connectivity index (χ0n) is 14.4. The molecule has 2 aromatic carbocycles. The summed E-state index contributed by atoms with van der Waals surface area (Å²) in [5, 5.41) is 21.0. The molecule has 7 nitrogen and oxygen atoms in total. The molecule has 4 aromatic rings. The summed E-state index contributed by atoms with van der Waals surface area (Å²) in [7, 11) is 0. The highest BCUT2D eigenvalue weighted by molar-refractivity contribution is 6.06. The Morgan fingerprint density at radius 3 is 2.54 bits per heavy atom. The van der Waals surface area contributed by atoms with Gasteiger partial charge in [-0.15, -0.1) is 0 Å². The van der Waals surface area contributed by atoms with Crippen molar-refractivity contribution in [3.05, 3.63) is 94.4 Å². The Balaban J connectivity index is 1.84. The van der Waals surface area contributed by atoms with E-state index >= 15 is 0 Å². The lowest BCUT2D eigenvalue weighted by Gasteiger charge is -2.07. The molecule has 0 fully saturated rings. The lowest BCUT2D eigenvalue weighted by molar-refractivity contribution is -0.385. The van der Waals surface area contributed by atoms with Gasteiger partial charge in [-0.1, -0.05) is 24.3 Å². The van der Waals surface area contributed by atoms with Crippen LogP contribution < -0.4 is 0 Å². The van der Waals surface area contributed by atoms with Gasteiger partial charge < -0.3 is 0 Å². The van der Waals surface area contributed by atoms with E-state index in [0.29, 0.717) is 11.1 Å². The van der Waals surface area contributed by atoms with Crippen LogP contribution in [0.1, 0.15) is 15.9 Å². The van der Waals surface area contributed by atoms with Crippen molar-refractivity contribution in [1.29, 1.82) is 5.26 Å². The van der Waals surface area contributed by atoms with E-state index in [1.807, 2.05) is 12.1 Å². The molecule has 0 atom stereocenters. The van der Waals surface area contributed by atoms with E-state index in [9.17, 15) is 14.9 Å². The fourth-order valence-corrected chi connectivity index (χ4v) is 3.13. The second-order valence-electron chi connectivity index (χ2n) is 6.07. The zero-order valence-corrected chi connectivity index (χ0v) is 14.4. The topological polar surface area (TPSA) is 102 Å². The molecule has 134 valence electrons. The van der Waals surface area contributed by atoms with Gasteiger partial charge in [-0.3, -0.25) is 24.5 Å². The molecule has 0 saturated carbocycles. The highest BCUT2D eigenvalue weighted by Crippen LogP contribution is 2.30. The van der Waals surface area contributed by atoms with E-state index in [1.54, 1.807) is 42.9 Å². The molecule has 0 radical (unpaired) electrons. The summed E-state index contributed by atoms with van der Waals surface area (Å²) in [6.07, 6.45) is 4.82. The first-order valence-electron chi connectivity index (χ1n) is 8.34. The van der Waals surface area contributed by atoms with Gasteiger partial charge in [-0.05, 0) is 29.8 Å². The Labute approximate surface area is 159 Å². The van der Waals surface area contributed by atoms with Crippen LogP contribution in [0.15, 0.2) is 73.2 Å². The number of rotatable bonds is 3. The third-order valence-corrected chi connectivity index (χ3v) is 4.49. The van der Waals surface area contributed by atoms with Crippen LogP contribution in [0.2, 0.25) is 0 Å². The van der Waals surface area contributed by atoms with Crippen molar-refractivity contribution in [3.8, 4) is 17.2 Å². The number of nitro benzene ring substituents is 1. The molecule has 2 aromatic heterocycles. The van der Waals surface area contributed by atoms with Crippen molar-refractivity contribution < 1.29 is 9.72 Å². The minimum atomic E-state index is -0.570. The summed E-state index contributed by atoms with van der Waals surface area (Å²) in [4.78, 5) is 27.9. The summed E-state index contributed by atoms with van der Waals surface area (Å²) in [6.45, 7) is 0. The minimum absolute atomic E-state index is 0.00813. The fourth-order valence-electron chi connectivity index (χ4n) is 3.13. The van der Waals surface area contributed by atoms with Gasteiger partial charge in [0, 0.05) is 29.4 Å². The summed E-state index contributed by atoms with van der Waals surface area (Å²) in [5.74, 6) is -0.499. The standard InChI is InChI=1S/C21H12N4O3/c22-11-14-5-7-15(8-6-14)18-12-23-13-20-16(18)9-10-24(20)21(26)17-3-1-2-4-19(17)25(27)28/h1-10,12-13H. The number of hydrogen-bond acceptors (Lipinski definition) is 5. The number of pyridine rings is 1. The average Bonchev–Trinajstić information content (AvgIpc) is 3.17. The average molecular weight is 368 g/mol. The SMILES string of the molecule is N#Cc1ccc(-c2cncc3c2ccn3C(=O)c2ccccc2[N+](=O)[O-])cc1. The molecule has 0 aliphatic heterocycles. The smallest absolute Gasteiger partial charge is 0.281 e. The van der Waals surface area contributed by atoms with Crippen molar-refractivity contribution in [3.63, 3.8) is 0 Å². The number of fused-ring (bicyclic) bond motifs is 1. The van der Waals surface area contributed by atoms with Crippen molar-refractivity contribution in [2.75, 3.05) is 0 Å². The first-order chi connectivity index (χ1) is 13.6. The quantitative estimate of drug-likeness (QED) is 0.399. The Bertz CT molecular complexity index is 1270. The van der Waals surface area contributed by atoms with Crippen LogP contribution >= 0.6 is 0 Å². The maximum atomic E-state index is 13.0. The zero-order chi connectivity index (χ0) is 19.7. The van der Waals surface area contributed by atoms with Gasteiger partial charge >= 0.3 is 0 Å². The highest BCUT2D eigenvalue weighted by Gasteiger charge is 2.22. The largest absolute Gasteiger partial charge is 0.282 e. The van der Waals surface area contributed by atoms with Crippen molar-refractivity contribution >= 4 is 22.5 Å². The van der Waals surface area contributed by atoms with E-state index < -0.39 is 10.8 Å². The first kappa shape index (κ1) is 17.1. The Kier molecular flexibility index (Phi) is 4.14. The number of nitro groups is 1. The Morgan fingerprint density at radius 2 is 1.82 bits per heavy atom. The second kappa shape index (κ2) is 6.78. The molecular weight excluding hydrogens is 356 g/mol. The van der Waals surface area contributed by atoms with Crippen LogP contribution in [-0.4, -0.2) is 20.4 Å². The van der Waals surface area contributed by atoms with Gasteiger partial charge in [0.2, 0.25) is 0 Å². The van der Waals surface area contributed by atoms with E-state index in [0.717, 1.165) is 16.5 Å². The lowest BCUT2D eigenvalue weighted by atomic mass is 10.0. The normalized spacial score (nSPS) is 10.5. The third kappa shape index (κ3) is 2.79. The molecule has 2 heterocycles. The summed E-state index contributed by atoms with van der Waals surface area (Å²) < 4.78 is 1.36. The maximum Gasteiger partial charge on any atom is 0.282 e. The lowest BCUT2D eigenvalue weighted by Crippen LogP contribution is -2.12. The van der Waals surface area contributed by atoms with E-state index in [-0.39, 0.29) is 11.3 Å². The third-order valence-electron chi connectivity index (χ3n) is 4.49. The Hall–Kier alpha value is -4.31. The van der Waals surface area contributed by atoms with Gasteiger partial charge in [-0.25, -0.2) is 0 Å². The number of nitrogens with zero attached hydrogens (tertiary/aromatic N) is 4. The van der Waals surface area contributed by atoms with Gasteiger partial charge in [0.05, 0.1) is 28.3 Å². The molecule has 0 bridgehead atoms. The van der Waals surface area contributed by atoms with Crippen molar-refractivity contribution in [1.82, 2.24) is 9.55 Å².